The van der Waals surface area contributed by atoms with Gasteiger partial charge in [0.15, 0.2) is 5.03 Å². The lowest BCUT2D eigenvalue weighted by molar-refractivity contribution is -0.134. The van der Waals surface area contributed by atoms with Gasteiger partial charge in [0.1, 0.15) is 11.9 Å². The van der Waals surface area contributed by atoms with Crippen LogP contribution in [-0.2, 0) is 28.3 Å². The Morgan fingerprint density at radius 2 is 2.00 bits per heavy atom. The van der Waals surface area contributed by atoms with Gasteiger partial charge in [0.05, 0.1) is 31.9 Å². The number of likely N-dealkylation sites (N-methyl/N-ethyl adjacent to an activating group) is 1. The summed E-state index contributed by atoms with van der Waals surface area (Å²) in [6, 6.07) is 5.28. The highest BCUT2D eigenvalue weighted by atomic mass is 32.2. The molecule has 1 aliphatic rings. The number of amides is 1. The van der Waals surface area contributed by atoms with Crippen molar-refractivity contribution in [1.82, 2.24) is 18.8 Å². The first-order valence-electron chi connectivity index (χ1n) is 11.3. The van der Waals surface area contributed by atoms with Crippen molar-refractivity contribution in [2.75, 3.05) is 45.7 Å². The van der Waals surface area contributed by atoms with Gasteiger partial charge >= 0.3 is 0 Å². The van der Waals surface area contributed by atoms with Gasteiger partial charge in [-0.2, -0.15) is 4.31 Å². The van der Waals surface area contributed by atoms with E-state index in [0.717, 1.165) is 11.3 Å². The highest BCUT2D eigenvalue weighted by Crippen LogP contribution is 2.30. The standard InChI is InChI=1S/C23H35N5O5S/c1-16-11-28(17(2)14-29)23(30)10-18-9-19(25(3)4)7-8-20(18)33-21(16)12-27(6)34(31,32)22-13-26(5)15-24-22/h7-9,13,15-17,21,29H,10-12,14H2,1-6H3/t16-,17-,21+/m0/s1. The molecule has 0 bridgehead atoms. The van der Waals surface area contributed by atoms with Crippen molar-refractivity contribution in [3.8, 4) is 5.75 Å². The Bertz CT molecular complexity index is 1120. The number of hydrogen-bond acceptors (Lipinski definition) is 7. The summed E-state index contributed by atoms with van der Waals surface area (Å²) in [5.41, 5.74) is 1.65. The van der Waals surface area contributed by atoms with Crippen molar-refractivity contribution < 1.29 is 23.1 Å². The van der Waals surface area contributed by atoms with Gasteiger partial charge in [-0.3, -0.25) is 4.79 Å². The first-order chi connectivity index (χ1) is 15.9. The summed E-state index contributed by atoms with van der Waals surface area (Å²) < 4.78 is 35.4. The van der Waals surface area contributed by atoms with Gasteiger partial charge in [0.25, 0.3) is 10.0 Å². The van der Waals surface area contributed by atoms with Crippen LogP contribution >= 0.6 is 0 Å². The number of sulfonamides is 1. The Kier molecular flexibility index (Phi) is 7.89. The number of aliphatic hydroxyl groups excluding tert-OH is 1. The van der Waals surface area contributed by atoms with Gasteiger partial charge in [-0.15, -0.1) is 0 Å². The van der Waals surface area contributed by atoms with Crippen molar-refractivity contribution in [3.05, 3.63) is 36.3 Å². The molecule has 1 N–H and O–H groups in total. The Hall–Kier alpha value is -2.63. The van der Waals surface area contributed by atoms with Crippen LogP contribution in [0.2, 0.25) is 0 Å². The molecule has 0 radical (unpaired) electrons. The SMILES string of the molecule is C[C@H]1CN([C@@H](C)CO)C(=O)Cc2cc(N(C)C)ccc2O[C@@H]1CN(C)S(=O)(=O)c1cn(C)cn1. The zero-order chi connectivity index (χ0) is 25.2. The summed E-state index contributed by atoms with van der Waals surface area (Å²) in [5, 5.41) is 9.72. The van der Waals surface area contributed by atoms with E-state index in [1.165, 1.54) is 23.9 Å². The number of carbonyl (C=O) groups excluding carboxylic acids is 1. The van der Waals surface area contributed by atoms with Crippen molar-refractivity contribution in [3.63, 3.8) is 0 Å². The molecule has 2 heterocycles. The maximum Gasteiger partial charge on any atom is 0.261 e. The fourth-order valence-electron chi connectivity index (χ4n) is 3.95. The van der Waals surface area contributed by atoms with Gasteiger partial charge in [0, 0.05) is 58.1 Å². The largest absolute Gasteiger partial charge is 0.488 e. The molecule has 34 heavy (non-hydrogen) atoms. The van der Waals surface area contributed by atoms with Crippen molar-refractivity contribution in [2.24, 2.45) is 13.0 Å². The van der Waals surface area contributed by atoms with E-state index in [0.29, 0.717) is 12.3 Å². The van der Waals surface area contributed by atoms with Gasteiger partial charge in [-0.25, -0.2) is 13.4 Å². The van der Waals surface area contributed by atoms with Crippen LogP contribution in [0.3, 0.4) is 0 Å². The van der Waals surface area contributed by atoms with Gasteiger partial charge < -0.3 is 24.2 Å². The zero-order valence-corrected chi connectivity index (χ0v) is 21.5. The number of aromatic nitrogens is 2. The number of nitrogens with zero attached hydrogens (tertiary/aromatic N) is 5. The number of rotatable bonds is 7. The predicted molar refractivity (Wildman–Crippen MR) is 129 cm³/mol. The third kappa shape index (κ3) is 5.53. The monoisotopic (exact) mass is 493 g/mol. The summed E-state index contributed by atoms with van der Waals surface area (Å²) in [5.74, 6) is 0.237. The number of hydrogen-bond donors (Lipinski definition) is 1. The lowest BCUT2D eigenvalue weighted by atomic mass is 10.0. The minimum Gasteiger partial charge on any atom is -0.488 e. The number of aryl methyl sites for hydroxylation is 1. The number of fused-ring (bicyclic) bond motifs is 1. The van der Waals surface area contributed by atoms with Gasteiger partial charge in [-0.1, -0.05) is 6.92 Å². The molecule has 11 heteroatoms. The summed E-state index contributed by atoms with van der Waals surface area (Å²) >= 11 is 0. The maximum absolute atomic E-state index is 13.2. The van der Waals surface area contributed by atoms with Crippen molar-refractivity contribution >= 4 is 21.6 Å². The third-order valence-corrected chi connectivity index (χ3v) is 7.92. The minimum absolute atomic E-state index is 0.0325. The molecule has 10 nitrogen and oxygen atoms in total. The fraction of sp³-hybridized carbons (Fsp3) is 0.565. The summed E-state index contributed by atoms with van der Waals surface area (Å²) in [4.78, 5) is 20.8. The molecule has 188 valence electrons. The van der Waals surface area contributed by atoms with Crippen LogP contribution < -0.4 is 9.64 Å². The van der Waals surface area contributed by atoms with Crippen LogP contribution in [0.4, 0.5) is 5.69 Å². The van der Waals surface area contributed by atoms with Crippen LogP contribution in [-0.4, -0.2) is 91.2 Å². The quantitative estimate of drug-likeness (QED) is 0.612. The maximum atomic E-state index is 13.2. The average molecular weight is 494 g/mol. The zero-order valence-electron chi connectivity index (χ0n) is 20.7. The highest BCUT2D eigenvalue weighted by Gasteiger charge is 2.34. The van der Waals surface area contributed by atoms with E-state index in [2.05, 4.69) is 4.98 Å². The molecule has 2 aromatic rings. The molecule has 0 fully saturated rings. The summed E-state index contributed by atoms with van der Waals surface area (Å²) in [6.07, 6.45) is 2.49. The second kappa shape index (κ2) is 10.3. The van der Waals surface area contributed by atoms with Gasteiger partial charge in [-0.05, 0) is 25.1 Å². The Morgan fingerprint density at radius 3 is 2.59 bits per heavy atom. The molecule has 3 rings (SSSR count). The molecule has 0 saturated carbocycles. The number of benzene rings is 1. The predicted octanol–water partition coefficient (Wildman–Crippen LogP) is 0.956. The minimum atomic E-state index is -3.82. The molecule has 0 aliphatic carbocycles. The van der Waals surface area contributed by atoms with E-state index in [-0.39, 0.29) is 42.5 Å². The summed E-state index contributed by atoms with van der Waals surface area (Å²) in [7, 11) is 3.23. The number of imidazole rings is 1. The molecule has 1 aromatic carbocycles. The van der Waals surface area contributed by atoms with E-state index < -0.39 is 16.1 Å². The number of aliphatic hydroxyl groups is 1. The fourth-order valence-corrected chi connectivity index (χ4v) is 5.09. The molecule has 0 saturated heterocycles. The molecule has 1 amide bonds. The molecule has 3 atom stereocenters. The van der Waals surface area contributed by atoms with Crippen LogP contribution in [0.1, 0.15) is 19.4 Å². The average Bonchev–Trinajstić information content (AvgIpc) is 3.24. The number of anilines is 1. The first-order valence-corrected chi connectivity index (χ1v) is 12.7. The van der Waals surface area contributed by atoms with E-state index in [9.17, 15) is 18.3 Å². The van der Waals surface area contributed by atoms with Crippen molar-refractivity contribution in [2.45, 2.75) is 37.4 Å². The van der Waals surface area contributed by atoms with Crippen LogP contribution in [0.5, 0.6) is 5.75 Å². The number of carbonyl (C=O) groups is 1. The lowest BCUT2D eigenvalue weighted by Gasteiger charge is -2.33. The smallest absolute Gasteiger partial charge is 0.261 e. The van der Waals surface area contributed by atoms with Crippen LogP contribution in [0, 0.1) is 5.92 Å². The molecule has 0 unspecified atom stereocenters. The van der Waals surface area contributed by atoms with E-state index in [1.54, 1.807) is 23.4 Å². The lowest BCUT2D eigenvalue weighted by Crippen LogP contribution is -2.48. The van der Waals surface area contributed by atoms with E-state index in [1.807, 2.05) is 44.1 Å². The molecular weight excluding hydrogens is 458 g/mol. The van der Waals surface area contributed by atoms with Crippen molar-refractivity contribution in [1.29, 1.82) is 0 Å². The Morgan fingerprint density at radius 1 is 1.29 bits per heavy atom. The first kappa shape index (κ1) is 26.0. The van der Waals surface area contributed by atoms with Crippen LogP contribution in [0.15, 0.2) is 35.7 Å². The van der Waals surface area contributed by atoms with Gasteiger partial charge in [0.2, 0.25) is 5.91 Å². The second-order valence-corrected chi connectivity index (χ2v) is 11.2. The van der Waals surface area contributed by atoms with E-state index >= 15 is 0 Å². The normalized spacial score (nSPS) is 20.2. The third-order valence-electron chi connectivity index (χ3n) is 6.21. The molecule has 1 aromatic heterocycles. The Balaban J connectivity index is 1.98. The topological polar surface area (TPSA) is 108 Å². The highest BCUT2D eigenvalue weighted by molar-refractivity contribution is 7.89. The number of ether oxygens (including phenoxy) is 1. The molecular formula is C23H35N5O5S. The van der Waals surface area contributed by atoms with E-state index in [4.69, 9.17) is 4.74 Å². The Labute approximate surface area is 201 Å². The van der Waals surface area contributed by atoms with Crippen LogP contribution in [0.25, 0.3) is 0 Å². The molecule has 0 spiro atoms. The molecule has 1 aliphatic heterocycles. The second-order valence-electron chi connectivity index (χ2n) is 9.24. The summed E-state index contributed by atoms with van der Waals surface area (Å²) in [6.45, 7) is 3.97.